The van der Waals surface area contributed by atoms with Crippen molar-refractivity contribution in [2.45, 2.75) is 49.7 Å². The number of β-amino-alcohol motifs (C(OH)–C–C–N with tert-alkyl or cyclic N) is 2. The predicted molar refractivity (Wildman–Crippen MR) is 102 cm³/mol. The molecule has 2 aliphatic rings. The van der Waals surface area contributed by atoms with Gasteiger partial charge in [0.05, 0.1) is 18.8 Å². The number of ether oxygens (including phenoxy) is 2. The highest BCUT2D eigenvalue weighted by atomic mass is 35.5. The standard InChI is InChI=1S/C20H30ClNO4/c21-17-5-7-18(8-6-17)26-16-20(24)14-22(11-12-25-15-20)13-19(23)9-3-1-2-4-10-19/h5-8,23-24H,1-4,9-16H2. The second-order valence-corrected chi connectivity index (χ2v) is 8.31. The average molecular weight is 384 g/mol. The minimum Gasteiger partial charge on any atom is -0.490 e. The Morgan fingerprint density at radius 1 is 1.04 bits per heavy atom. The fraction of sp³-hybridized carbons (Fsp3) is 0.700. The molecule has 1 saturated carbocycles. The van der Waals surface area contributed by atoms with Crippen LogP contribution >= 0.6 is 11.6 Å². The fourth-order valence-electron chi connectivity index (χ4n) is 3.93. The molecule has 0 bridgehead atoms. The molecule has 6 heteroatoms. The highest BCUT2D eigenvalue weighted by molar-refractivity contribution is 6.30. The number of halogens is 1. The van der Waals surface area contributed by atoms with Crippen molar-refractivity contribution in [1.82, 2.24) is 4.90 Å². The third-order valence-electron chi connectivity index (χ3n) is 5.31. The van der Waals surface area contributed by atoms with E-state index in [1.807, 2.05) is 0 Å². The van der Waals surface area contributed by atoms with Crippen LogP contribution in [0, 0.1) is 0 Å². The van der Waals surface area contributed by atoms with Gasteiger partial charge >= 0.3 is 0 Å². The normalized spacial score (nSPS) is 27.5. The Bertz CT molecular complexity index is 559. The van der Waals surface area contributed by atoms with Crippen LogP contribution < -0.4 is 4.74 Å². The smallest absolute Gasteiger partial charge is 0.134 e. The Labute approximate surface area is 160 Å². The van der Waals surface area contributed by atoms with Crippen molar-refractivity contribution in [1.29, 1.82) is 0 Å². The average Bonchev–Trinajstić information content (AvgIpc) is 2.93. The Hall–Kier alpha value is -0.850. The summed E-state index contributed by atoms with van der Waals surface area (Å²) in [4.78, 5) is 2.13. The molecular formula is C20H30ClNO4. The Morgan fingerprint density at radius 3 is 2.42 bits per heavy atom. The van der Waals surface area contributed by atoms with E-state index in [9.17, 15) is 10.2 Å². The van der Waals surface area contributed by atoms with Crippen molar-refractivity contribution < 1.29 is 19.7 Å². The van der Waals surface area contributed by atoms with Gasteiger partial charge < -0.3 is 19.7 Å². The summed E-state index contributed by atoms with van der Waals surface area (Å²) in [7, 11) is 0. The molecule has 1 aliphatic heterocycles. The summed E-state index contributed by atoms with van der Waals surface area (Å²) in [6.45, 7) is 2.66. The molecule has 2 fully saturated rings. The highest BCUT2D eigenvalue weighted by Crippen LogP contribution is 2.29. The van der Waals surface area contributed by atoms with E-state index in [0.717, 1.165) is 25.7 Å². The van der Waals surface area contributed by atoms with Gasteiger partial charge in [0.25, 0.3) is 0 Å². The monoisotopic (exact) mass is 383 g/mol. The van der Waals surface area contributed by atoms with Gasteiger partial charge in [-0.05, 0) is 37.1 Å². The van der Waals surface area contributed by atoms with Gasteiger partial charge in [-0.2, -0.15) is 0 Å². The molecule has 1 aromatic rings. The second-order valence-electron chi connectivity index (χ2n) is 7.87. The summed E-state index contributed by atoms with van der Waals surface area (Å²) in [5.41, 5.74) is -1.75. The van der Waals surface area contributed by atoms with Crippen LogP contribution in [0.3, 0.4) is 0 Å². The summed E-state index contributed by atoms with van der Waals surface area (Å²) in [6.07, 6.45) is 6.22. The fourth-order valence-corrected chi connectivity index (χ4v) is 4.05. The van der Waals surface area contributed by atoms with Crippen LogP contribution in [0.5, 0.6) is 5.75 Å². The minimum absolute atomic E-state index is 0.142. The summed E-state index contributed by atoms with van der Waals surface area (Å²) in [5, 5.41) is 22.6. The largest absolute Gasteiger partial charge is 0.490 e. The lowest BCUT2D eigenvalue weighted by atomic mass is 9.93. The SMILES string of the molecule is OC1(CN2CCOCC(O)(COc3ccc(Cl)cc3)C2)CCCCCC1. The van der Waals surface area contributed by atoms with Crippen LogP contribution in [0.25, 0.3) is 0 Å². The van der Waals surface area contributed by atoms with E-state index in [4.69, 9.17) is 21.1 Å². The van der Waals surface area contributed by atoms with Crippen molar-refractivity contribution in [2.24, 2.45) is 0 Å². The summed E-state index contributed by atoms with van der Waals surface area (Å²) in [5.74, 6) is 0.668. The molecule has 3 rings (SSSR count). The molecule has 1 aromatic carbocycles. The van der Waals surface area contributed by atoms with Crippen LogP contribution in [0.15, 0.2) is 24.3 Å². The van der Waals surface area contributed by atoms with Gasteiger partial charge in [0.2, 0.25) is 0 Å². The van der Waals surface area contributed by atoms with E-state index in [2.05, 4.69) is 4.90 Å². The molecule has 1 saturated heterocycles. The van der Waals surface area contributed by atoms with E-state index in [-0.39, 0.29) is 13.2 Å². The number of aliphatic hydroxyl groups is 2. The minimum atomic E-state index is -1.10. The van der Waals surface area contributed by atoms with Crippen LogP contribution in [-0.2, 0) is 4.74 Å². The third kappa shape index (κ3) is 5.83. The van der Waals surface area contributed by atoms with E-state index in [1.54, 1.807) is 24.3 Å². The van der Waals surface area contributed by atoms with Gasteiger partial charge in [-0.3, -0.25) is 4.90 Å². The Balaban J connectivity index is 1.59. The zero-order chi connectivity index (χ0) is 18.5. The van der Waals surface area contributed by atoms with E-state index in [1.165, 1.54) is 12.8 Å². The molecule has 1 atom stereocenters. The lowest BCUT2D eigenvalue weighted by Crippen LogP contribution is -2.52. The van der Waals surface area contributed by atoms with Gasteiger partial charge in [0, 0.05) is 24.7 Å². The molecule has 0 spiro atoms. The third-order valence-corrected chi connectivity index (χ3v) is 5.57. The topological polar surface area (TPSA) is 62.2 Å². The number of hydrogen-bond donors (Lipinski definition) is 2. The quantitative estimate of drug-likeness (QED) is 0.765. The van der Waals surface area contributed by atoms with Gasteiger partial charge in [-0.15, -0.1) is 0 Å². The molecule has 0 radical (unpaired) electrons. The van der Waals surface area contributed by atoms with Crippen molar-refractivity contribution in [2.75, 3.05) is 39.5 Å². The highest BCUT2D eigenvalue weighted by Gasteiger charge is 2.37. The van der Waals surface area contributed by atoms with Gasteiger partial charge in [-0.25, -0.2) is 0 Å². The zero-order valence-electron chi connectivity index (χ0n) is 15.3. The van der Waals surface area contributed by atoms with E-state index in [0.29, 0.717) is 37.0 Å². The zero-order valence-corrected chi connectivity index (χ0v) is 16.1. The number of hydrogen-bond acceptors (Lipinski definition) is 5. The summed E-state index contributed by atoms with van der Waals surface area (Å²) in [6, 6.07) is 7.10. The van der Waals surface area contributed by atoms with Crippen LogP contribution in [-0.4, -0.2) is 65.8 Å². The summed E-state index contributed by atoms with van der Waals surface area (Å²) >= 11 is 5.89. The molecule has 1 unspecified atom stereocenters. The second kappa shape index (κ2) is 8.89. The van der Waals surface area contributed by atoms with Crippen molar-refractivity contribution in [3.05, 3.63) is 29.3 Å². The summed E-state index contributed by atoms with van der Waals surface area (Å²) < 4.78 is 11.4. The van der Waals surface area contributed by atoms with E-state index < -0.39 is 11.2 Å². The molecule has 5 nitrogen and oxygen atoms in total. The molecule has 2 N–H and O–H groups in total. The number of rotatable bonds is 5. The maximum absolute atomic E-state index is 11.0. The first-order valence-corrected chi connectivity index (χ1v) is 9.98. The molecule has 1 aliphatic carbocycles. The van der Waals surface area contributed by atoms with Gasteiger partial charge in [-0.1, -0.05) is 37.3 Å². The molecule has 146 valence electrons. The van der Waals surface area contributed by atoms with Crippen molar-refractivity contribution in [3.63, 3.8) is 0 Å². The van der Waals surface area contributed by atoms with Gasteiger partial charge in [0.1, 0.15) is 18.0 Å². The first kappa shape index (κ1) is 19.9. The van der Waals surface area contributed by atoms with Crippen LogP contribution in [0.2, 0.25) is 5.02 Å². The van der Waals surface area contributed by atoms with Crippen molar-refractivity contribution in [3.8, 4) is 5.75 Å². The van der Waals surface area contributed by atoms with Crippen LogP contribution in [0.1, 0.15) is 38.5 Å². The molecule has 1 heterocycles. The molecule has 26 heavy (non-hydrogen) atoms. The predicted octanol–water partition coefficient (Wildman–Crippen LogP) is 2.87. The first-order chi connectivity index (χ1) is 12.5. The molecule has 0 aromatic heterocycles. The van der Waals surface area contributed by atoms with E-state index >= 15 is 0 Å². The molecular weight excluding hydrogens is 354 g/mol. The Morgan fingerprint density at radius 2 is 1.73 bits per heavy atom. The number of benzene rings is 1. The maximum atomic E-state index is 11.0. The lowest BCUT2D eigenvalue weighted by molar-refractivity contribution is -0.0733. The molecule has 0 amide bonds. The maximum Gasteiger partial charge on any atom is 0.134 e. The number of nitrogens with zero attached hydrogens (tertiary/aromatic N) is 1. The lowest BCUT2D eigenvalue weighted by Gasteiger charge is -2.36. The first-order valence-electron chi connectivity index (χ1n) is 9.60. The Kier molecular flexibility index (Phi) is 6.81. The van der Waals surface area contributed by atoms with Crippen molar-refractivity contribution >= 4 is 11.6 Å². The van der Waals surface area contributed by atoms with Crippen LogP contribution in [0.4, 0.5) is 0 Å². The van der Waals surface area contributed by atoms with Gasteiger partial charge in [0.15, 0.2) is 0 Å².